The largest absolute Gasteiger partial charge is 0.344 e. The summed E-state index contributed by atoms with van der Waals surface area (Å²) in [5, 5.41) is 0. The van der Waals surface area contributed by atoms with Crippen molar-refractivity contribution in [2.45, 2.75) is 40.0 Å². The summed E-state index contributed by atoms with van der Waals surface area (Å²) < 4.78 is 0. The third-order valence-corrected chi connectivity index (χ3v) is 3.55. The van der Waals surface area contributed by atoms with Crippen LogP contribution in [0.3, 0.4) is 0 Å². The van der Waals surface area contributed by atoms with Crippen LogP contribution >= 0.6 is 0 Å². The molecule has 1 rings (SSSR count). The summed E-state index contributed by atoms with van der Waals surface area (Å²) >= 11 is 0. The molecular formula is C14H23NO. The Kier molecular flexibility index (Phi) is 5.97. The van der Waals surface area contributed by atoms with E-state index < -0.39 is 0 Å². The molecule has 2 heteroatoms. The van der Waals surface area contributed by atoms with E-state index in [1.54, 1.807) is 0 Å². The molecule has 1 aromatic rings. The minimum atomic E-state index is -0.151. The Morgan fingerprint density at radius 2 is 1.44 bits per heavy atom. The lowest BCUT2D eigenvalue weighted by Gasteiger charge is -2.28. The molecule has 0 bridgehead atoms. The Balaban J connectivity index is 0.00000225. The molecule has 0 fully saturated rings. The van der Waals surface area contributed by atoms with Crippen molar-refractivity contribution >= 4 is 5.78 Å². The van der Waals surface area contributed by atoms with E-state index in [4.69, 9.17) is 0 Å². The lowest BCUT2D eigenvalue weighted by atomic mass is 9.74. The third-order valence-electron chi connectivity index (χ3n) is 3.55. The maximum absolute atomic E-state index is 12.4. The summed E-state index contributed by atoms with van der Waals surface area (Å²) in [6.07, 6.45) is 2.77. The Bertz CT molecular complexity index is 307. The number of benzene rings is 1. The van der Waals surface area contributed by atoms with Crippen LogP contribution in [0.4, 0.5) is 0 Å². The van der Waals surface area contributed by atoms with E-state index in [1.165, 1.54) is 0 Å². The van der Waals surface area contributed by atoms with Gasteiger partial charge in [-0.15, -0.1) is 0 Å². The molecule has 16 heavy (non-hydrogen) atoms. The molecule has 0 saturated heterocycles. The highest BCUT2D eigenvalue weighted by Gasteiger charge is 2.33. The van der Waals surface area contributed by atoms with Crippen molar-refractivity contribution < 1.29 is 4.79 Å². The SMILES string of the molecule is CCC(CC)(CC)C(=O)c1ccccc1.N. The van der Waals surface area contributed by atoms with Crippen molar-refractivity contribution in [1.29, 1.82) is 0 Å². The van der Waals surface area contributed by atoms with Gasteiger partial charge in [0.2, 0.25) is 0 Å². The molecule has 0 aliphatic rings. The lowest BCUT2D eigenvalue weighted by Crippen LogP contribution is -2.29. The monoisotopic (exact) mass is 221 g/mol. The van der Waals surface area contributed by atoms with E-state index in [1.807, 2.05) is 30.3 Å². The zero-order chi connectivity index (χ0) is 11.3. The van der Waals surface area contributed by atoms with Crippen LogP contribution < -0.4 is 6.15 Å². The summed E-state index contributed by atoms with van der Waals surface area (Å²) in [5.41, 5.74) is 0.699. The number of ketones is 1. The van der Waals surface area contributed by atoms with Gasteiger partial charge in [-0.2, -0.15) is 0 Å². The van der Waals surface area contributed by atoms with Gasteiger partial charge in [-0.1, -0.05) is 51.1 Å². The number of hydrogen-bond donors (Lipinski definition) is 1. The van der Waals surface area contributed by atoms with E-state index in [9.17, 15) is 4.79 Å². The summed E-state index contributed by atoms with van der Waals surface area (Å²) in [6, 6.07) is 9.64. The van der Waals surface area contributed by atoms with Crippen molar-refractivity contribution in [2.75, 3.05) is 0 Å². The zero-order valence-electron chi connectivity index (χ0n) is 10.6. The Morgan fingerprint density at radius 3 is 1.81 bits per heavy atom. The van der Waals surface area contributed by atoms with Gasteiger partial charge >= 0.3 is 0 Å². The summed E-state index contributed by atoms with van der Waals surface area (Å²) in [4.78, 5) is 12.4. The van der Waals surface area contributed by atoms with Crippen molar-refractivity contribution in [1.82, 2.24) is 6.15 Å². The second kappa shape index (κ2) is 6.44. The first-order valence-electron chi connectivity index (χ1n) is 5.80. The van der Waals surface area contributed by atoms with Crippen LogP contribution in [0.25, 0.3) is 0 Å². The average Bonchev–Trinajstić information content (AvgIpc) is 2.33. The standard InChI is InChI=1S/C14H20O.H3N/c1-4-14(5-2,6-3)13(15)12-10-8-7-9-11-12;/h7-11H,4-6H2,1-3H3;1H3. The van der Waals surface area contributed by atoms with Crippen molar-refractivity contribution in [3.63, 3.8) is 0 Å². The second-order valence-electron chi connectivity index (χ2n) is 4.04. The van der Waals surface area contributed by atoms with E-state index in [0.717, 1.165) is 24.8 Å². The summed E-state index contributed by atoms with van der Waals surface area (Å²) in [7, 11) is 0. The molecule has 0 aliphatic carbocycles. The first kappa shape index (κ1) is 14.8. The molecule has 0 atom stereocenters. The fourth-order valence-corrected chi connectivity index (χ4v) is 2.13. The second-order valence-corrected chi connectivity index (χ2v) is 4.04. The van der Waals surface area contributed by atoms with Gasteiger partial charge in [-0.3, -0.25) is 4.79 Å². The lowest BCUT2D eigenvalue weighted by molar-refractivity contribution is 0.0766. The first-order chi connectivity index (χ1) is 7.20. The van der Waals surface area contributed by atoms with Crippen molar-refractivity contribution in [3.05, 3.63) is 35.9 Å². The van der Waals surface area contributed by atoms with Gasteiger partial charge in [0.05, 0.1) is 0 Å². The number of hydrogen-bond acceptors (Lipinski definition) is 2. The molecule has 0 radical (unpaired) electrons. The molecule has 0 aliphatic heterocycles. The highest BCUT2D eigenvalue weighted by Crippen LogP contribution is 2.34. The smallest absolute Gasteiger partial charge is 0.168 e. The number of carbonyl (C=O) groups excluding carboxylic acids is 1. The Hall–Kier alpha value is -1.15. The normalized spacial score (nSPS) is 10.7. The van der Waals surface area contributed by atoms with Crippen LogP contribution in [0, 0.1) is 5.41 Å². The summed E-state index contributed by atoms with van der Waals surface area (Å²) in [6.45, 7) is 6.32. The van der Waals surface area contributed by atoms with Gasteiger partial charge in [-0.25, -0.2) is 0 Å². The maximum atomic E-state index is 12.4. The first-order valence-corrected chi connectivity index (χ1v) is 5.80. The van der Waals surface area contributed by atoms with Gasteiger partial charge < -0.3 is 6.15 Å². The van der Waals surface area contributed by atoms with Crippen LogP contribution in [-0.2, 0) is 0 Å². The van der Waals surface area contributed by atoms with Crippen LogP contribution in [0.5, 0.6) is 0 Å². The molecule has 0 heterocycles. The van der Waals surface area contributed by atoms with Crippen molar-refractivity contribution in [2.24, 2.45) is 5.41 Å². The van der Waals surface area contributed by atoms with E-state index in [-0.39, 0.29) is 11.6 Å². The Morgan fingerprint density at radius 1 is 1.00 bits per heavy atom. The van der Waals surface area contributed by atoms with Gasteiger partial charge in [0.15, 0.2) is 5.78 Å². The van der Waals surface area contributed by atoms with Gasteiger partial charge in [-0.05, 0) is 19.3 Å². The Labute approximate surface area is 98.6 Å². The molecular weight excluding hydrogens is 198 g/mol. The minimum absolute atomic E-state index is 0. The predicted octanol–water partition coefficient (Wildman–Crippen LogP) is 4.25. The molecule has 2 nitrogen and oxygen atoms in total. The predicted molar refractivity (Wildman–Crippen MR) is 69.1 cm³/mol. The fourth-order valence-electron chi connectivity index (χ4n) is 2.13. The number of Topliss-reactive ketones (excluding diaryl/α,β-unsaturated/α-hetero) is 1. The highest BCUT2D eigenvalue weighted by atomic mass is 16.1. The van der Waals surface area contributed by atoms with E-state index in [0.29, 0.717) is 5.78 Å². The van der Waals surface area contributed by atoms with Crippen LogP contribution in [0.15, 0.2) is 30.3 Å². The molecule has 0 amide bonds. The zero-order valence-corrected chi connectivity index (χ0v) is 10.6. The van der Waals surface area contributed by atoms with E-state index >= 15 is 0 Å². The molecule has 1 aromatic carbocycles. The number of rotatable bonds is 5. The molecule has 3 N–H and O–H groups in total. The van der Waals surface area contributed by atoms with Crippen LogP contribution in [0.2, 0.25) is 0 Å². The average molecular weight is 221 g/mol. The fraction of sp³-hybridized carbons (Fsp3) is 0.500. The van der Waals surface area contributed by atoms with E-state index in [2.05, 4.69) is 20.8 Å². The van der Waals surface area contributed by atoms with Gasteiger partial charge in [0.1, 0.15) is 0 Å². The minimum Gasteiger partial charge on any atom is -0.344 e. The van der Waals surface area contributed by atoms with Gasteiger partial charge in [0, 0.05) is 11.0 Å². The quantitative estimate of drug-likeness (QED) is 0.756. The van der Waals surface area contributed by atoms with Crippen LogP contribution in [-0.4, -0.2) is 5.78 Å². The molecule has 0 aromatic heterocycles. The molecule has 0 saturated carbocycles. The van der Waals surface area contributed by atoms with Gasteiger partial charge in [0.25, 0.3) is 0 Å². The molecule has 0 spiro atoms. The highest BCUT2D eigenvalue weighted by molar-refractivity contribution is 6.00. The number of carbonyl (C=O) groups is 1. The van der Waals surface area contributed by atoms with Crippen molar-refractivity contribution in [3.8, 4) is 0 Å². The molecule has 0 unspecified atom stereocenters. The maximum Gasteiger partial charge on any atom is 0.168 e. The topological polar surface area (TPSA) is 52.1 Å². The molecule has 90 valence electrons. The summed E-state index contributed by atoms with van der Waals surface area (Å²) in [5.74, 6) is 0.301. The van der Waals surface area contributed by atoms with Crippen LogP contribution in [0.1, 0.15) is 50.4 Å². The third kappa shape index (κ3) is 2.70.